The fourth-order valence-corrected chi connectivity index (χ4v) is 5.74. The zero-order valence-corrected chi connectivity index (χ0v) is 14.6. The van der Waals surface area contributed by atoms with Crippen LogP contribution >= 0.6 is 0 Å². The zero-order valence-electron chi connectivity index (χ0n) is 14.6. The molecule has 3 aliphatic carbocycles. The minimum atomic E-state index is -1.09. The Bertz CT molecular complexity index is 719. The van der Waals surface area contributed by atoms with E-state index in [-0.39, 0.29) is 29.6 Å². The van der Waals surface area contributed by atoms with Crippen LogP contribution in [0.15, 0.2) is 28.4 Å². The highest BCUT2D eigenvalue weighted by Crippen LogP contribution is 2.62. The lowest BCUT2D eigenvalue weighted by molar-refractivity contribution is -0.0471. The summed E-state index contributed by atoms with van der Waals surface area (Å²) in [7, 11) is 0. The third-order valence-electron chi connectivity index (χ3n) is 6.91. The van der Waals surface area contributed by atoms with Crippen LogP contribution in [-0.4, -0.2) is 33.3 Å². The number of aliphatic hydroxyl groups is 3. The number of rotatable bonds is 1. The molecule has 5 nitrogen and oxygen atoms in total. The summed E-state index contributed by atoms with van der Waals surface area (Å²) >= 11 is 0. The Balaban J connectivity index is 1.79. The maximum Gasteiger partial charge on any atom is 0.167 e. The van der Waals surface area contributed by atoms with Crippen molar-refractivity contribution >= 4 is 5.78 Å². The van der Waals surface area contributed by atoms with Crippen molar-refractivity contribution < 1.29 is 24.5 Å². The van der Waals surface area contributed by atoms with Gasteiger partial charge in [-0.1, -0.05) is 11.6 Å². The Labute approximate surface area is 147 Å². The first-order valence-corrected chi connectivity index (χ1v) is 9.17. The van der Waals surface area contributed by atoms with E-state index in [0.29, 0.717) is 30.6 Å². The van der Waals surface area contributed by atoms with Gasteiger partial charge in [0.1, 0.15) is 11.9 Å². The Kier molecular flexibility index (Phi) is 3.94. The normalized spacial score (nSPS) is 43.1. The first-order valence-electron chi connectivity index (χ1n) is 9.17. The SMILES string of the molecule is C/C1=C/C[C@@H](O)c2occc2C(=O)C[C@@]23C[C@@H](CC[C@@H]12)[C@@](O)(CO)C3. The van der Waals surface area contributed by atoms with Crippen LogP contribution in [0.2, 0.25) is 0 Å². The van der Waals surface area contributed by atoms with Gasteiger partial charge in [-0.2, -0.15) is 0 Å². The fraction of sp³-hybridized carbons (Fsp3) is 0.650. The topological polar surface area (TPSA) is 90.9 Å². The minimum Gasteiger partial charge on any atom is -0.466 e. The molecule has 4 rings (SSSR count). The molecule has 5 atom stereocenters. The van der Waals surface area contributed by atoms with Gasteiger partial charge < -0.3 is 19.7 Å². The summed E-state index contributed by atoms with van der Waals surface area (Å²) in [5.74, 6) is 0.553. The van der Waals surface area contributed by atoms with Crippen LogP contribution in [0.25, 0.3) is 0 Å². The molecule has 1 heterocycles. The van der Waals surface area contributed by atoms with Crippen LogP contribution in [0.1, 0.15) is 67.7 Å². The summed E-state index contributed by atoms with van der Waals surface area (Å²) in [5.41, 5.74) is 0.213. The maximum atomic E-state index is 13.0. The molecule has 1 aromatic rings. The fourth-order valence-electron chi connectivity index (χ4n) is 5.74. The minimum absolute atomic E-state index is 0.0367. The first kappa shape index (κ1) is 17.0. The third kappa shape index (κ3) is 2.52. The summed E-state index contributed by atoms with van der Waals surface area (Å²) in [4.78, 5) is 13.0. The van der Waals surface area contributed by atoms with E-state index in [4.69, 9.17) is 4.42 Å². The number of allylic oxidation sites excluding steroid dienone is 1. The number of fused-ring (bicyclic) bond motifs is 2. The molecule has 3 N–H and O–H groups in total. The summed E-state index contributed by atoms with van der Waals surface area (Å²) < 4.78 is 5.39. The highest BCUT2D eigenvalue weighted by Gasteiger charge is 2.60. The average Bonchev–Trinajstić information content (AvgIpc) is 3.15. The summed E-state index contributed by atoms with van der Waals surface area (Å²) in [6.07, 6.45) is 6.43. The van der Waals surface area contributed by atoms with Gasteiger partial charge in [-0.15, -0.1) is 0 Å². The van der Waals surface area contributed by atoms with Gasteiger partial charge in [-0.05, 0) is 62.3 Å². The molecule has 2 bridgehead atoms. The largest absolute Gasteiger partial charge is 0.466 e. The van der Waals surface area contributed by atoms with E-state index in [0.717, 1.165) is 19.3 Å². The maximum absolute atomic E-state index is 13.0. The molecule has 25 heavy (non-hydrogen) atoms. The summed E-state index contributed by atoms with van der Waals surface area (Å²) in [6.45, 7) is 1.81. The van der Waals surface area contributed by atoms with Crippen LogP contribution in [0.4, 0.5) is 0 Å². The number of Topliss-reactive ketones (excluding diaryl/α,β-unsaturated/α-hetero) is 1. The molecule has 2 saturated carbocycles. The lowest BCUT2D eigenvalue weighted by atomic mass is 9.62. The van der Waals surface area contributed by atoms with E-state index in [1.807, 2.05) is 0 Å². The summed E-state index contributed by atoms with van der Waals surface area (Å²) in [6, 6.07) is 1.64. The van der Waals surface area contributed by atoms with Crippen molar-refractivity contribution in [2.45, 2.75) is 57.2 Å². The average molecular weight is 346 g/mol. The molecule has 3 aliphatic rings. The smallest absolute Gasteiger partial charge is 0.167 e. The number of hydrogen-bond acceptors (Lipinski definition) is 5. The lowest BCUT2D eigenvalue weighted by Gasteiger charge is -2.42. The van der Waals surface area contributed by atoms with Crippen LogP contribution in [-0.2, 0) is 0 Å². The van der Waals surface area contributed by atoms with Crippen molar-refractivity contribution in [3.63, 3.8) is 0 Å². The van der Waals surface area contributed by atoms with Gasteiger partial charge >= 0.3 is 0 Å². The monoisotopic (exact) mass is 346 g/mol. The lowest BCUT2D eigenvalue weighted by Crippen LogP contribution is -2.37. The molecule has 0 aliphatic heterocycles. The van der Waals surface area contributed by atoms with Gasteiger partial charge in [-0.3, -0.25) is 4.79 Å². The number of furan rings is 1. The van der Waals surface area contributed by atoms with Crippen molar-refractivity contribution in [3.8, 4) is 0 Å². The molecule has 1 aromatic heterocycles. The van der Waals surface area contributed by atoms with E-state index < -0.39 is 11.7 Å². The number of aliphatic hydroxyl groups excluding tert-OH is 2. The molecule has 5 heteroatoms. The Morgan fingerprint density at radius 1 is 1.36 bits per heavy atom. The van der Waals surface area contributed by atoms with E-state index in [9.17, 15) is 20.1 Å². The second-order valence-electron chi connectivity index (χ2n) is 8.33. The van der Waals surface area contributed by atoms with Crippen molar-refractivity contribution in [3.05, 3.63) is 35.3 Å². The zero-order chi connectivity index (χ0) is 17.8. The quantitative estimate of drug-likeness (QED) is 0.680. The number of ketones is 1. The van der Waals surface area contributed by atoms with Crippen LogP contribution < -0.4 is 0 Å². The van der Waals surface area contributed by atoms with Gasteiger partial charge in [0.15, 0.2) is 5.78 Å². The van der Waals surface area contributed by atoms with Gasteiger partial charge in [-0.25, -0.2) is 0 Å². The van der Waals surface area contributed by atoms with Crippen LogP contribution in [0.5, 0.6) is 0 Å². The van der Waals surface area contributed by atoms with Crippen LogP contribution in [0, 0.1) is 17.3 Å². The van der Waals surface area contributed by atoms with Gasteiger partial charge in [0.25, 0.3) is 0 Å². The molecule has 0 amide bonds. The molecule has 0 aromatic carbocycles. The molecule has 2 fully saturated rings. The number of carbonyl (C=O) groups is 1. The van der Waals surface area contributed by atoms with Crippen molar-refractivity contribution in [1.29, 1.82) is 0 Å². The second-order valence-corrected chi connectivity index (χ2v) is 8.33. The molecule has 1 spiro atoms. The van der Waals surface area contributed by atoms with Crippen molar-refractivity contribution in [2.75, 3.05) is 6.61 Å². The van der Waals surface area contributed by atoms with Crippen LogP contribution in [0.3, 0.4) is 0 Å². The van der Waals surface area contributed by atoms with Gasteiger partial charge in [0.05, 0.1) is 24.0 Å². The highest BCUT2D eigenvalue weighted by molar-refractivity contribution is 5.97. The highest BCUT2D eigenvalue weighted by atomic mass is 16.4. The summed E-state index contributed by atoms with van der Waals surface area (Å²) in [5, 5.41) is 31.1. The van der Waals surface area contributed by atoms with Gasteiger partial charge in [0.2, 0.25) is 0 Å². The first-order chi connectivity index (χ1) is 11.9. The standard InChI is InChI=1S/C20H26O5/c1-12-2-5-16(22)18-14(6-7-25-18)17(23)9-19-8-13(3-4-15(12)19)20(24,10-19)11-21/h2,6-7,13,15-16,21-22,24H,3-5,8-11H2,1H3/b12-2-/t13-,15+,16-,19-,20+/m1/s1. The molecule has 136 valence electrons. The second kappa shape index (κ2) is 5.79. The number of carbonyl (C=O) groups excluding carboxylic acids is 1. The molecule has 0 radical (unpaired) electrons. The number of hydrogen-bond donors (Lipinski definition) is 3. The van der Waals surface area contributed by atoms with E-state index in [2.05, 4.69) is 13.0 Å². The van der Waals surface area contributed by atoms with Gasteiger partial charge in [0, 0.05) is 6.42 Å². The molecular weight excluding hydrogens is 320 g/mol. The van der Waals surface area contributed by atoms with Crippen molar-refractivity contribution in [1.82, 2.24) is 0 Å². The van der Waals surface area contributed by atoms with E-state index in [1.165, 1.54) is 11.8 Å². The Morgan fingerprint density at radius 3 is 2.92 bits per heavy atom. The Hall–Kier alpha value is -1.43. The molecular formula is C20H26O5. The van der Waals surface area contributed by atoms with E-state index in [1.54, 1.807) is 6.07 Å². The third-order valence-corrected chi connectivity index (χ3v) is 6.91. The molecule has 0 saturated heterocycles. The van der Waals surface area contributed by atoms with Crippen molar-refractivity contribution in [2.24, 2.45) is 17.3 Å². The van der Waals surface area contributed by atoms with E-state index >= 15 is 0 Å². The Morgan fingerprint density at radius 2 is 2.16 bits per heavy atom. The molecule has 0 unspecified atom stereocenters. The predicted octanol–water partition coefficient (Wildman–Crippen LogP) is 2.77. The predicted molar refractivity (Wildman–Crippen MR) is 90.9 cm³/mol.